The summed E-state index contributed by atoms with van der Waals surface area (Å²) in [5, 5.41) is 0. The summed E-state index contributed by atoms with van der Waals surface area (Å²) in [6, 6.07) is 4.96. The van der Waals surface area contributed by atoms with Gasteiger partial charge in [-0.2, -0.15) is 4.31 Å². The van der Waals surface area contributed by atoms with Crippen LogP contribution in [0.15, 0.2) is 27.6 Å². The summed E-state index contributed by atoms with van der Waals surface area (Å²) >= 11 is 3.30. The fourth-order valence-corrected chi connectivity index (χ4v) is 4.65. The smallest absolute Gasteiger partial charge is 0.243 e. The third kappa shape index (κ3) is 3.26. The van der Waals surface area contributed by atoms with E-state index in [4.69, 9.17) is 10.5 Å². The Labute approximate surface area is 133 Å². The van der Waals surface area contributed by atoms with Crippen molar-refractivity contribution in [2.24, 2.45) is 5.92 Å². The van der Waals surface area contributed by atoms with E-state index in [1.165, 1.54) is 6.07 Å². The fraction of sp³-hybridized carbons (Fsp3) is 0.571. The molecule has 116 valence electrons. The minimum atomic E-state index is -3.49. The maximum Gasteiger partial charge on any atom is 0.243 e. The van der Waals surface area contributed by atoms with Gasteiger partial charge in [0.2, 0.25) is 10.0 Å². The summed E-state index contributed by atoms with van der Waals surface area (Å²) in [5.41, 5.74) is 6.26. The van der Waals surface area contributed by atoms with Crippen molar-refractivity contribution in [3.8, 4) is 0 Å². The Balaban J connectivity index is 1.87. The van der Waals surface area contributed by atoms with Crippen molar-refractivity contribution in [2.75, 3.05) is 25.5 Å². The van der Waals surface area contributed by atoms with Crippen LogP contribution in [-0.4, -0.2) is 38.5 Å². The predicted molar refractivity (Wildman–Crippen MR) is 84.4 cm³/mol. The molecule has 1 saturated heterocycles. The molecule has 0 spiro atoms. The maximum absolute atomic E-state index is 12.9. The van der Waals surface area contributed by atoms with Crippen LogP contribution < -0.4 is 5.73 Å². The second-order valence-corrected chi connectivity index (χ2v) is 8.46. The summed E-state index contributed by atoms with van der Waals surface area (Å²) < 4.78 is 33.5. The largest absolute Gasteiger partial charge is 0.398 e. The Bertz CT molecular complexity index is 625. The number of anilines is 1. The highest BCUT2D eigenvalue weighted by Crippen LogP contribution is 2.35. The van der Waals surface area contributed by atoms with Gasteiger partial charge in [0.15, 0.2) is 0 Å². The third-order valence-electron chi connectivity index (χ3n) is 3.99. The lowest BCUT2D eigenvalue weighted by molar-refractivity contribution is 0.180. The zero-order valence-corrected chi connectivity index (χ0v) is 14.1. The topological polar surface area (TPSA) is 72.6 Å². The first kappa shape index (κ1) is 15.3. The molecule has 21 heavy (non-hydrogen) atoms. The van der Waals surface area contributed by atoms with Crippen LogP contribution in [0.2, 0.25) is 0 Å². The van der Waals surface area contributed by atoms with E-state index in [1.54, 1.807) is 16.4 Å². The first-order chi connectivity index (χ1) is 9.98. The molecule has 0 amide bonds. The predicted octanol–water partition coefficient (Wildman–Crippen LogP) is 2.22. The summed E-state index contributed by atoms with van der Waals surface area (Å²) in [6.07, 6.45) is 2.82. The van der Waals surface area contributed by atoms with Crippen LogP contribution in [0.4, 0.5) is 5.69 Å². The number of hydrogen-bond donors (Lipinski definition) is 1. The second kappa shape index (κ2) is 5.87. The number of nitrogens with two attached hydrogens (primary N) is 1. The van der Waals surface area contributed by atoms with Crippen molar-refractivity contribution in [1.82, 2.24) is 4.31 Å². The highest BCUT2D eigenvalue weighted by Gasteiger charge is 2.39. The number of nitrogens with zero attached hydrogens (tertiary/aromatic N) is 1. The molecule has 1 atom stereocenters. The Morgan fingerprint density at radius 3 is 2.67 bits per heavy atom. The van der Waals surface area contributed by atoms with E-state index in [-0.39, 0.29) is 10.9 Å². The van der Waals surface area contributed by atoms with E-state index < -0.39 is 10.0 Å². The molecule has 1 saturated carbocycles. The van der Waals surface area contributed by atoms with Crippen molar-refractivity contribution < 1.29 is 13.2 Å². The SMILES string of the molecule is Nc1cc(S(=O)(=O)N(CC2CCOC2)C2CC2)ccc1Br. The van der Waals surface area contributed by atoms with Gasteiger partial charge in [-0.15, -0.1) is 0 Å². The van der Waals surface area contributed by atoms with Gasteiger partial charge in [0.1, 0.15) is 0 Å². The molecule has 0 radical (unpaired) electrons. The van der Waals surface area contributed by atoms with Gasteiger partial charge in [0.05, 0.1) is 11.5 Å². The molecule has 1 unspecified atom stereocenters. The van der Waals surface area contributed by atoms with E-state index >= 15 is 0 Å². The molecule has 3 rings (SSSR count). The number of hydrogen-bond acceptors (Lipinski definition) is 4. The summed E-state index contributed by atoms with van der Waals surface area (Å²) in [4.78, 5) is 0.272. The highest BCUT2D eigenvalue weighted by atomic mass is 79.9. The molecule has 1 aromatic rings. The van der Waals surface area contributed by atoms with Gasteiger partial charge in [-0.3, -0.25) is 0 Å². The first-order valence-electron chi connectivity index (χ1n) is 7.13. The van der Waals surface area contributed by atoms with Crippen molar-refractivity contribution >= 4 is 31.6 Å². The van der Waals surface area contributed by atoms with Crippen molar-refractivity contribution in [3.63, 3.8) is 0 Å². The molecular weight excluding hydrogens is 356 g/mol. The number of ether oxygens (including phenoxy) is 1. The van der Waals surface area contributed by atoms with Gasteiger partial charge in [0.25, 0.3) is 0 Å². The standard InChI is InChI=1S/C14H19BrN2O3S/c15-13-4-3-12(7-14(13)16)21(18,19)17(11-1-2-11)8-10-5-6-20-9-10/h3-4,7,10-11H,1-2,5-6,8-9,16H2. The maximum atomic E-state index is 12.9. The normalized spacial score (nSPS) is 22.9. The van der Waals surface area contributed by atoms with Gasteiger partial charge < -0.3 is 10.5 Å². The first-order valence-corrected chi connectivity index (χ1v) is 9.36. The quantitative estimate of drug-likeness (QED) is 0.801. The second-order valence-electron chi connectivity index (χ2n) is 5.72. The van der Waals surface area contributed by atoms with E-state index in [2.05, 4.69) is 15.9 Å². The van der Waals surface area contributed by atoms with Crippen molar-refractivity contribution in [3.05, 3.63) is 22.7 Å². The minimum absolute atomic E-state index is 0.139. The lowest BCUT2D eigenvalue weighted by Gasteiger charge is -2.24. The summed E-state index contributed by atoms with van der Waals surface area (Å²) in [5.74, 6) is 0.299. The van der Waals surface area contributed by atoms with Crippen molar-refractivity contribution in [1.29, 1.82) is 0 Å². The van der Waals surface area contributed by atoms with E-state index in [0.29, 0.717) is 29.2 Å². The zero-order chi connectivity index (χ0) is 15.0. The van der Waals surface area contributed by atoms with Crippen LogP contribution in [0.25, 0.3) is 0 Å². The number of halogens is 1. The highest BCUT2D eigenvalue weighted by molar-refractivity contribution is 9.10. The monoisotopic (exact) mass is 374 g/mol. The Morgan fingerprint density at radius 2 is 2.10 bits per heavy atom. The zero-order valence-electron chi connectivity index (χ0n) is 11.7. The van der Waals surface area contributed by atoms with Crippen LogP contribution in [0.5, 0.6) is 0 Å². The molecule has 2 aliphatic rings. The molecule has 2 fully saturated rings. The molecule has 0 aromatic heterocycles. The van der Waals surface area contributed by atoms with E-state index in [9.17, 15) is 8.42 Å². The van der Waals surface area contributed by atoms with Crippen molar-refractivity contribution in [2.45, 2.75) is 30.2 Å². The van der Waals surface area contributed by atoms with E-state index in [0.717, 1.165) is 25.9 Å². The number of benzene rings is 1. The van der Waals surface area contributed by atoms with Crippen LogP contribution in [-0.2, 0) is 14.8 Å². The Kier molecular flexibility index (Phi) is 4.27. The van der Waals surface area contributed by atoms with Gasteiger partial charge >= 0.3 is 0 Å². The molecule has 0 bridgehead atoms. The average molecular weight is 375 g/mol. The molecule has 1 heterocycles. The van der Waals surface area contributed by atoms with Gasteiger partial charge in [-0.05, 0) is 59.3 Å². The molecule has 2 N–H and O–H groups in total. The van der Waals surface area contributed by atoms with Crippen LogP contribution in [0.3, 0.4) is 0 Å². The average Bonchev–Trinajstić information content (AvgIpc) is 3.15. The lowest BCUT2D eigenvalue weighted by atomic mass is 10.1. The summed E-state index contributed by atoms with van der Waals surface area (Å²) in [6.45, 7) is 1.93. The minimum Gasteiger partial charge on any atom is -0.398 e. The molecular formula is C14H19BrN2O3S. The molecule has 5 nitrogen and oxygen atoms in total. The van der Waals surface area contributed by atoms with Gasteiger partial charge in [0, 0.05) is 29.4 Å². The van der Waals surface area contributed by atoms with Gasteiger partial charge in [-0.25, -0.2) is 8.42 Å². The van der Waals surface area contributed by atoms with Crippen LogP contribution >= 0.6 is 15.9 Å². The molecule has 7 heteroatoms. The molecule has 1 aromatic carbocycles. The Hall–Kier alpha value is -0.630. The van der Waals surface area contributed by atoms with E-state index in [1.807, 2.05) is 0 Å². The lowest BCUT2D eigenvalue weighted by Crippen LogP contribution is -2.37. The number of nitrogen functional groups attached to an aromatic ring is 1. The summed E-state index contributed by atoms with van der Waals surface area (Å²) in [7, 11) is -3.49. The van der Waals surface area contributed by atoms with Crippen LogP contribution in [0, 0.1) is 5.92 Å². The number of sulfonamides is 1. The third-order valence-corrected chi connectivity index (χ3v) is 6.63. The van der Waals surface area contributed by atoms with Gasteiger partial charge in [-0.1, -0.05) is 0 Å². The van der Waals surface area contributed by atoms with Crippen LogP contribution in [0.1, 0.15) is 19.3 Å². The molecule has 1 aliphatic carbocycles. The molecule has 1 aliphatic heterocycles. The Morgan fingerprint density at radius 1 is 1.33 bits per heavy atom. The number of rotatable bonds is 5. The fourth-order valence-electron chi connectivity index (χ4n) is 2.61.